The molecule has 0 spiro atoms. The molecule has 1 aromatic rings. The molecule has 0 aliphatic rings. The van der Waals surface area contributed by atoms with E-state index in [2.05, 4.69) is 8.71 Å². The summed E-state index contributed by atoms with van der Waals surface area (Å²) >= 11 is 0. The molecular formula is C10H14NO8PS. The maximum atomic E-state index is 12.0. The van der Waals surface area contributed by atoms with Gasteiger partial charge in [0, 0.05) is 13.2 Å². The van der Waals surface area contributed by atoms with Crippen molar-refractivity contribution < 1.29 is 31.1 Å². The lowest BCUT2D eigenvalue weighted by Crippen LogP contribution is -2.11. The number of nitro groups is 1. The van der Waals surface area contributed by atoms with E-state index >= 15 is 0 Å². The van der Waals surface area contributed by atoms with Gasteiger partial charge in [-0.25, -0.2) is 0 Å². The maximum absolute atomic E-state index is 12.0. The van der Waals surface area contributed by atoms with E-state index < -0.39 is 39.6 Å². The average molecular weight is 339 g/mol. The fourth-order valence-corrected chi connectivity index (χ4v) is 3.88. The van der Waals surface area contributed by atoms with Gasteiger partial charge in [0.2, 0.25) is 0 Å². The van der Waals surface area contributed by atoms with Crippen molar-refractivity contribution in [3.63, 3.8) is 0 Å². The monoisotopic (exact) mass is 339 g/mol. The highest BCUT2D eigenvalue weighted by Gasteiger charge is 2.31. The molecule has 0 saturated carbocycles. The van der Waals surface area contributed by atoms with E-state index in [0.717, 1.165) is 19.2 Å². The van der Waals surface area contributed by atoms with Crippen LogP contribution in [0.3, 0.4) is 0 Å². The molecule has 0 aliphatic carbocycles. The lowest BCUT2D eigenvalue weighted by Gasteiger charge is -2.15. The van der Waals surface area contributed by atoms with Crippen LogP contribution in [0, 0.1) is 10.1 Å². The predicted octanol–water partition coefficient (Wildman–Crippen LogP) is 2.13. The lowest BCUT2D eigenvalue weighted by molar-refractivity contribution is -0.387. The first-order valence-corrected chi connectivity index (χ1v) is 8.81. The topological polar surface area (TPSA) is 122 Å². The molecule has 118 valence electrons. The van der Waals surface area contributed by atoms with Crippen LogP contribution < -0.4 is 0 Å². The Bertz CT molecular complexity index is 659. The Hall–Kier alpha value is -1.32. The van der Waals surface area contributed by atoms with Crippen LogP contribution in [0.4, 0.5) is 5.69 Å². The molecule has 0 saturated heterocycles. The SMILES string of the molecule is CCOP(=O)(COS(=O)(=O)c1ccccc1[N+](=O)[O-])OC. The molecule has 1 aromatic carbocycles. The molecular weight excluding hydrogens is 325 g/mol. The summed E-state index contributed by atoms with van der Waals surface area (Å²) in [7, 11) is -7.12. The minimum Gasteiger partial charge on any atom is -0.310 e. The number of nitro benzene ring substituents is 1. The summed E-state index contributed by atoms with van der Waals surface area (Å²) in [4.78, 5) is 9.33. The van der Waals surface area contributed by atoms with Gasteiger partial charge in [-0.3, -0.25) is 18.9 Å². The largest absolute Gasteiger partial charge is 0.357 e. The van der Waals surface area contributed by atoms with Gasteiger partial charge in [0.05, 0.1) is 11.5 Å². The first-order chi connectivity index (χ1) is 9.75. The molecule has 0 radical (unpaired) electrons. The van der Waals surface area contributed by atoms with Crippen LogP contribution in [-0.2, 0) is 27.9 Å². The van der Waals surface area contributed by atoms with Crippen LogP contribution >= 0.6 is 7.60 Å². The third-order valence-corrected chi connectivity index (χ3v) is 5.44. The Balaban J connectivity index is 3.03. The van der Waals surface area contributed by atoms with Crippen molar-refractivity contribution in [2.75, 3.05) is 20.1 Å². The van der Waals surface area contributed by atoms with E-state index in [0.29, 0.717) is 0 Å². The van der Waals surface area contributed by atoms with Gasteiger partial charge in [-0.05, 0) is 13.0 Å². The Morgan fingerprint density at radius 1 is 1.33 bits per heavy atom. The third-order valence-electron chi connectivity index (χ3n) is 2.30. The summed E-state index contributed by atoms with van der Waals surface area (Å²) in [6.45, 7) is 1.57. The Labute approximate surface area is 121 Å². The van der Waals surface area contributed by atoms with Crippen molar-refractivity contribution in [3.05, 3.63) is 34.4 Å². The minimum atomic E-state index is -4.47. The van der Waals surface area contributed by atoms with Gasteiger partial charge >= 0.3 is 17.7 Å². The molecule has 21 heavy (non-hydrogen) atoms. The summed E-state index contributed by atoms with van der Waals surface area (Å²) in [6.07, 6.45) is -0.869. The van der Waals surface area contributed by atoms with Gasteiger partial charge in [-0.1, -0.05) is 12.1 Å². The molecule has 0 N–H and O–H groups in total. The van der Waals surface area contributed by atoms with E-state index in [-0.39, 0.29) is 6.61 Å². The van der Waals surface area contributed by atoms with Crippen molar-refractivity contribution in [2.45, 2.75) is 11.8 Å². The van der Waals surface area contributed by atoms with Crippen molar-refractivity contribution in [1.82, 2.24) is 0 Å². The molecule has 1 rings (SSSR count). The summed E-state index contributed by atoms with van der Waals surface area (Å²) in [5, 5.41) is 10.8. The van der Waals surface area contributed by atoms with Crippen molar-refractivity contribution >= 4 is 23.4 Å². The standard InChI is InChI=1S/C10H14NO8PS/c1-3-18-20(14,17-2)8-19-21(15,16)10-7-5-4-6-9(10)11(12)13/h4-7H,3,8H2,1-2H3. The summed E-state index contributed by atoms with van der Waals surface area (Å²) in [5.41, 5.74) is -0.638. The molecule has 1 unspecified atom stereocenters. The van der Waals surface area contributed by atoms with Crippen molar-refractivity contribution in [2.24, 2.45) is 0 Å². The number of hydrogen-bond donors (Lipinski definition) is 0. The van der Waals surface area contributed by atoms with Gasteiger partial charge in [0.1, 0.15) is 0 Å². The van der Waals surface area contributed by atoms with Gasteiger partial charge < -0.3 is 9.05 Å². The normalized spacial score (nSPS) is 14.6. The van der Waals surface area contributed by atoms with Crippen molar-refractivity contribution in [3.8, 4) is 0 Å². The first-order valence-electron chi connectivity index (χ1n) is 5.68. The van der Waals surface area contributed by atoms with E-state index in [1.165, 1.54) is 12.1 Å². The number of benzene rings is 1. The summed E-state index contributed by atoms with van der Waals surface area (Å²) in [6, 6.07) is 4.67. The van der Waals surface area contributed by atoms with Crippen LogP contribution in [0.2, 0.25) is 0 Å². The zero-order chi connectivity index (χ0) is 16.1. The number of hydrogen-bond acceptors (Lipinski definition) is 8. The predicted molar refractivity (Wildman–Crippen MR) is 72.5 cm³/mol. The van der Waals surface area contributed by atoms with Gasteiger partial charge in [0.25, 0.3) is 5.69 Å². The second-order valence-electron chi connectivity index (χ2n) is 3.64. The Morgan fingerprint density at radius 3 is 2.48 bits per heavy atom. The molecule has 0 fully saturated rings. The van der Waals surface area contributed by atoms with Gasteiger partial charge in [0.15, 0.2) is 11.2 Å². The van der Waals surface area contributed by atoms with E-state index in [1.54, 1.807) is 6.92 Å². The highest BCUT2D eigenvalue weighted by molar-refractivity contribution is 7.87. The lowest BCUT2D eigenvalue weighted by atomic mass is 10.3. The zero-order valence-corrected chi connectivity index (χ0v) is 13.0. The van der Waals surface area contributed by atoms with Crippen LogP contribution in [0.1, 0.15) is 6.92 Å². The van der Waals surface area contributed by atoms with E-state index in [1.807, 2.05) is 0 Å². The smallest absolute Gasteiger partial charge is 0.310 e. The van der Waals surface area contributed by atoms with E-state index in [4.69, 9.17) is 4.52 Å². The summed E-state index contributed by atoms with van der Waals surface area (Å²) in [5.74, 6) is 0. The van der Waals surface area contributed by atoms with Crippen LogP contribution in [0.25, 0.3) is 0 Å². The van der Waals surface area contributed by atoms with Crippen LogP contribution in [0.15, 0.2) is 29.2 Å². The highest BCUT2D eigenvalue weighted by atomic mass is 32.2. The zero-order valence-electron chi connectivity index (χ0n) is 11.3. The highest BCUT2D eigenvalue weighted by Crippen LogP contribution is 2.47. The quantitative estimate of drug-likeness (QED) is 0.305. The average Bonchev–Trinajstić information content (AvgIpc) is 2.45. The fraction of sp³-hybridized carbons (Fsp3) is 0.400. The fourth-order valence-electron chi connectivity index (χ4n) is 1.36. The number of para-hydroxylation sites is 1. The Kier molecular flexibility index (Phi) is 5.99. The van der Waals surface area contributed by atoms with Crippen LogP contribution in [0.5, 0.6) is 0 Å². The van der Waals surface area contributed by atoms with Gasteiger partial charge in [-0.15, -0.1) is 0 Å². The molecule has 0 aliphatic heterocycles. The molecule has 0 heterocycles. The molecule has 9 nitrogen and oxygen atoms in total. The maximum Gasteiger partial charge on any atom is 0.357 e. The number of rotatable bonds is 8. The molecule has 0 aromatic heterocycles. The third kappa shape index (κ3) is 4.58. The first kappa shape index (κ1) is 17.7. The van der Waals surface area contributed by atoms with Gasteiger partial charge in [-0.2, -0.15) is 8.42 Å². The van der Waals surface area contributed by atoms with E-state index in [9.17, 15) is 23.1 Å². The minimum absolute atomic E-state index is 0.0278. The molecule has 0 amide bonds. The second kappa shape index (κ2) is 7.10. The molecule has 1 atom stereocenters. The Morgan fingerprint density at radius 2 is 1.95 bits per heavy atom. The molecule has 11 heteroatoms. The number of nitrogens with zero attached hydrogens (tertiary/aromatic N) is 1. The van der Waals surface area contributed by atoms with Crippen molar-refractivity contribution in [1.29, 1.82) is 0 Å². The summed E-state index contributed by atoms with van der Waals surface area (Å²) < 4.78 is 49.8. The molecule has 0 bridgehead atoms. The van der Waals surface area contributed by atoms with Crippen LogP contribution in [-0.4, -0.2) is 33.4 Å². The second-order valence-corrected chi connectivity index (χ2v) is 7.32.